The number of carbonyl (C=O) groups excluding carboxylic acids is 1. The fourth-order valence-electron chi connectivity index (χ4n) is 2.47. The van der Waals surface area contributed by atoms with Crippen molar-refractivity contribution in [3.05, 3.63) is 59.7 Å². The van der Waals surface area contributed by atoms with Crippen molar-refractivity contribution < 1.29 is 18.0 Å². The molecule has 2 aromatic carbocycles. The van der Waals surface area contributed by atoms with Crippen molar-refractivity contribution in [3.63, 3.8) is 0 Å². The second-order valence-electron chi connectivity index (χ2n) is 5.14. The van der Waals surface area contributed by atoms with E-state index in [9.17, 15) is 18.0 Å². The maximum absolute atomic E-state index is 12.7. The number of anilines is 2. The van der Waals surface area contributed by atoms with Gasteiger partial charge in [0.2, 0.25) is 5.91 Å². The van der Waals surface area contributed by atoms with Crippen molar-refractivity contribution in [1.82, 2.24) is 0 Å². The molecule has 7 heteroatoms. The fourth-order valence-corrected chi connectivity index (χ4v) is 3.64. The van der Waals surface area contributed by atoms with Crippen LogP contribution in [-0.4, -0.2) is 11.7 Å². The summed E-state index contributed by atoms with van der Waals surface area (Å²) in [5.74, 6) is 0.141. The largest absolute Gasteiger partial charge is 0.416 e. The number of thioether (sulfide) groups is 1. The van der Waals surface area contributed by atoms with Crippen molar-refractivity contribution in [1.29, 1.82) is 0 Å². The first kappa shape index (κ1) is 15.7. The molecule has 1 aliphatic heterocycles. The molecule has 3 rings (SSSR count). The van der Waals surface area contributed by atoms with Gasteiger partial charge in [0.15, 0.2) is 0 Å². The Labute approximate surface area is 135 Å². The molecule has 0 unspecified atom stereocenters. The zero-order valence-electron chi connectivity index (χ0n) is 11.9. The number of nitrogens with zero attached hydrogens (tertiary/aromatic N) is 1. The molecule has 23 heavy (non-hydrogen) atoms. The minimum Gasteiger partial charge on any atom is -0.399 e. The predicted octanol–water partition coefficient (Wildman–Crippen LogP) is 4.07. The summed E-state index contributed by atoms with van der Waals surface area (Å²) in [4.78, 5) is 13.7. The lowest BCUT2D eigenvalue weighted by Crippen LogP contribution is -2.27. The maximum atomic E-state index is 12.7. The highest BCUT2D eigenvalue weighted by molar-refractivity contribution is 8.00. The van der Waals surface area contributed by atoms with Crippen molar-refractivity contribution in [3.8, 4) is 0 Å². The molecule has 1 fully saturated rings. The van der Waals surface area contributed by atoms with Gasteiger partial charge in [-0.05, 0) is 42.0 Å². The average Bonchev–Trinajstić information content (AvgIpc) is 2.88. The molecule has 0 saturated carbocycles. The number of hydrogen-bond donors (Lipinski definition) is 1. The Kier molecular flexibility index (Phi) is 3.97. The first-order valence-electron chi connectivity index (χ1n) is 6.82. The number of nitrogens with two attached hydrogens (primary N) is 1. The fraction of sp³-hybridized carbons (Fsp3) is 0.188. The third kappa shape index (κ3) is 3.14. The SMILES string of the molecule is Nc1cccc([C@H]2SCC(=O)N2c2ccc(C(F)(F)F)cc2)c1. The lowest BCUT2D eigenvalue weighted by Gasteiger charge is -2.25. The molecular weight excluding hydrogens is 325 g/mol. The third-order valence-electron chi connectivity index (χ3n) is 3.54. The monoisotopic (exact) mass is 338 g/mol. The van der Waals surface area contributed by atoms with E-state index in [2.05, 4.69) is 0 Å². The average molecular weight is 338 g/mol. The lowest BCUT2D eigenvalue weighted by atomic mass is 10.1. The Bertz CT molecular complexity index is 731. The first-order chi connectivity index (χ1) is 10.9. The Balaban J connectivity index is 1.94. The smallest absolute Gasteiger partial charge is 0.399 e. The summed E-state index contributed by atoms with van der Waals surface area (Å²) in [6.07, 6.45) is -4.39. The predicted molar refractivity (Wildman–Crippen MR) is 85.0 cm³/mol. The molecule has 0 aromatic heterocycles. The van der Waals surface area contributed by atoms with E-state index < -0.39 is 11.7 Å². The maximum Gasteiger partial charge on any atom is 0.416 e. The van der Waals surface area contributed by atoms with E-state index in [1.165, 1.54) is 28.8 Å². The van der Waals surface area contributed by atoms with Crippen LogP contribution in [0.15, 0.2) is 48.5 Å². The zero-order chi connectivity index (χ0) is 16.6. The molecule has 1 amide bonds. The van der Waals surface area contributed by atoms with Crippen molar-refractivity contribution in [2.45, 2.75) is 11.6 Å². The Morgan fingerprint density at radius 3 is 2.43 bits per heavy atom. The van der Waals surface area contributed by atoms with E-state index in [-0.39, 0.29) is 17.0 Å². The second kappa shape index (κ2) is 5.81. The van der Waals surface area contributed by atoms with E-state index in [0.29, 0.717) is 11.4 Å². The van der Waals surface area contributed by atoms with Crippen LogP contribution in [0.2, 0.25) is 0 Å². The van der Waals surface area contributed by atoms with Crippen LogP contribution in [0.4, 0.5) is 24.5 Å². The summed E-state index contributed by atoms with van der Waals surface area (Å²) >= 11 is 1.42. The number of amides is 1. The van der Waals surface area contributed by atoms with E-state index in [1.54, 1.807) is 18.2 Å². The van der Waals surface area contributed by atoms with Crippen LogP contribution in [-0.2, 0) is 11.0 Å². The third-order valence-corrected chi connectivity index (χ3v) is 4.75. The number of carbonyl (C=O) groups is 1. The van der Waals surface area contributed by atoms with Crippen molar-refractivity contribution in [2.75, 3.05) is 16.4 Å². The van der Waals surface area contributed by atoms with Crippen LogP contribution in [0, 0.1) is 0 Å². The highest BCUT2D eigenvalue weighted by Gasteiger charge is 2.35. The van der Waals surface area contributed by atoms with Gasteiger partial charge in [0.05, 0.1) is 11.3 Å². The Hall–Kier alpha value is -2.15. The van der Waals surface area contributed by atoms with E-state index in [1.807, 2.05) is 6.07 Å². The second-order valence-corrected chi connectivity index (χ2v) is 6.21. The molecule has 2 aromatic rings. The van der Waals surface area contributed by atoms with Gasteiger partial charge in [0, 0.05) is 11.4 Å². The van der Waals surface area contributed by atoms with Gasteiger partial charge in [-0.1, -0.05) is 12.1 Å². The quantitative estimate of drug-likeness (QED) is 0.840. The zero-order valence-corrected chi connectivity index (χ0v) is 12.7. The molecule has 3 nitrogen and oxygen atoms in total. The number of hydrogen-bond acceptors (Lipinski definition) is 3. The molecular formula is C16H13F3N2OS. The summed E-state index contributed by atoms with van der Waals surface area (Å²) < 4.78 is 38.0. The van der Waals surface area contributed by atoms with Gasteiger partial charge in [0.1, 0.15) is 5.37 Å². The standard InChI is InChI=1S/C16H13F3N2OS/c17-16(18,19)11-4-6-13(7-5-11)21-14(22)9-23-15(21)10-2-1-3-12(20)8-10/h1-8,15H,9,20H2/t15-/m1/s1. The number of rotatable bonds is 2. The van der Waals surface area contributed by atoms with Crippen LogP contribution in [0.5, 0.6) is 0 Å². The van der Waals surface area contributed by atoms with Gasteiger partial charge in [0.25, 0.3) is 0 Å². The number of nitrogen functional groups attached to an aromatic ring is 1. The van der Waals surface area contributed by atoms with Crippen LogP contribution in [0.25, 0.3) is 0 Å². The van der Waals surface area contributed by atoms with E-state index in [4.69, 9.17) is 5.73 Å². The molecule has 0 radical (unpaired) electrons. The molecule has 1 saturated heterocycles. The minimum atomic E-state index is -4.39. The van der Waals surface area contributed by atoms with E-state index >= 15 is 0 Å². The summed E-state index contributed by atoms with van der Waals surface area (Å²) in [5.41, 5.74) is 6.91. The summed E-state index contributed by atoms with van der Waals surface area (Å²) in [5, 5.41) is -0.289. The summed E-state index contributed by atoms with van der Waals surface area (Å²) in [6.45, 7) is 0. The molecule has 0 aliphatic carbocycles. The normalized spacial score (nSPS) is 18.5. The molecule has 0 bridgehead atoms. The number of alkyl halides is 3. The first-order valence-corrected chi connectivity index (χ1v) is 7.87. The van der Waals surface area contributed by atoms with Gasteiger partial charge < -0.3 is 5.73 Å². The number of halogens is 3. The topological polar surface area (TPSA) is 46.3 Å². The molecule has 1 aliphatic rings. The highest BCUT2D eigenvalue weighted by atomic mass is 32.2. The van der Waals surface area contributed by atoms with Gasteiger partial charge in [-0.3, -0.25) is 9.69 Å². The molecule has 120 valence electrons. The van der Waals surface area contributed by atoms with Gasteiger partial charge in [-0.15, -0.1) is 11.8 Å². The summed E-state index contributed by atoms with van der Waals surface area (Å²) in [6, 6.07) is 11.8. The van der Waals surface area contributed by atoms with Gasteiger partial charge >= 0.3 is 6.18 Å². The van der Waals surface area contributed by atoms with Gasteiger partial charge in [-0.25, -0.2) is 0 Å². The minimum absolute atomic E-state index is 0.137. The molecule has 0 spiro atoms. The number of benzene rings is 2. The molecule has 2 N–H and O–H groups in total. The Morgan fingerprint density at radius 1 is 1.13 bits per heavy atom. The van der Waals surface area contributed by atoms with Crippen molar-refractivity contribution in [2.24, 2.45) is 0 Å². The molecule has 1 atom stereocenters. The van der Waals surface area contributed by atoms with Gasteiger partial charge in [-0.2, -0.15) is 13.2 Å². The Morgan fingerprint density at radius 2 is 1.83 bits per heavy atom. The summed E-state index contributed by atoms with van der Waals surface area (Å²) in [7, 11) is 0. The molecule has 1 heterocycles. The van der Waals surface area contributed by atoms with Crippen LogP contribution in [0.3, 0.4) is 0 Å². The van der Waals surface area contributed by atoms with Crippen LogP contribution < -0.4 is 10.6 Å². The lowest BCUT2D eigenvalue weighted by molar-refractivity contribution is -0.137. The van der Waals surface area contributed by atoms with Crippen LogP contribution in [0.1, 0.15) is 16.5 Å². The highest BCUT2D eigenvalue weighted by Crippen LogP contribution is 2.42. The van der Waals surface area contributed by atoms with Crippen molar-refractivity contribution >= 4 is 29.0 Å². The van der Waals surface area contributed by atoms with Crippen LogP contribution >= 0.6 is 11.8 Å². The van der Waals surface area contributed by atoms with E-state index in [0.717, 1.165) is 17.7 Å².